The molecule has 0 aliphatic rings. The Kier molecular flexibility index (Phi) is 4.72. The second-order valence-corrected chi connectivity index (χ2v) is 5.41. The van der Waals surface area contributed by atoms with Crippen LogP contribution in [0.5, 0.6) is 0 Å². The van der Waals surface area contributed by atoms with Crippen LogP contribution in [-0.4, -0.2) is 22.1 Å². The molecular formula is C19H17FN2O2. The van der Waals surface area contributed by atoms with Crippen molar-refractivity contribution in [1.82, 2.24) is 9.88 Å². The summed E-state index contributed by atoms with van der Waals surface area (Å²) in [5, 5.41) is 12.7. The summed E-state index contributed by atoms with van der Waals surface area (Å²) in [6.07, 6.45) is 2.97. The number of aliphatic hydroxyl groups is 1. The average Bonchev–Trinajstić information content (AvgIpc) is 3.15. The Balaban J connectivity index is 1.59. The van der Waals surface area contributed by atoms with Gasteiger partial charge in [-0.2, -0.15) is 0 Å². The monoisotopic (exact) mass is 324 g/mol. The van der Waals surface area contributed by atoms with E-state index in [4.69, 9.17) is 0 Å². The van der Waals surface area contributed by atoms with Gasteiger partial charge in [-0.3, -0.25) is 4.79 Å². The summed E-state index contributed by atoms with van der Waals surface area (Å²) < 4.78 is 14.8. The molecule has 5 heteroatoms. The van der Waals surface area contributed by atoms with E-state index in [2.05, 4.69) is 5.32 Å². The normalized spacial score (nSPS) is 11.9. The van der Waals surface area contributed by atoms with Gasteiger partial charge in [-0.1, -0.05) is 12.1 Å². The van der Waals surface area contributed by atoms with Crippen molar-refractivity contribution in [3.8, 4) is 5.69 Å². The minimum atomic E-state index is -0.881. The fraction of sp³-hybridized carbons (Fsp3) is 0.105. The maximum atomic E-state index is 12.9. The molecule has 1 atom stereocenters. The largest absolute Gasteiger partial charge is 0.387 e. The number of carbonyl (C=O) groups excluding carboxylic acids is 1. The number of hydrogen-bond acceptors (Lipinski definition) is 2. The molecule has 4 nitrogen and oxygen atoms in total. The SMILES string of the molecule is O=C(NCC(O)c1ccc(F)cc1)c1ccc(-n2cccc2)cc1. The summed E-state index contributed by atoms with van der Waals surface area (Å²) in [5.41, 5.74) is 2.03. The van der Waals surface area contributed by atoms with Crippen LogP contribution in [0, 0.1) is 5.82 Å². The van der Waals surface area contributed by atoms with Crippen molar-refractivity contribution in [2.45, 2.75) is 6.10 Å². The molecule has 0 spiro atoms. The lowest BCUT2D eigenvalue weighted by molar-refractivity contribution is 0.0916. The number of hydrogen-bond donors (Lipinski definition) is 2. The number of benzene rings is 2. The molecule has 2 aromatic carbocycles. The fourth-order valence-electron chi connectivity index (χ4n) is 2.39. The molecular weight excluding hydrogens is 307 g/mol. The standard InChI is InChI=1S/C19H17FN2O2/c20-16-7-3-14(4-8-16)18(23)13-21-19(24)15-5-9-17(10-6-15)22-11-1-2-12-22/h1-12,18,23H,13H2,(H,21,24). The zero-order chi connectivity index (χ0) is 16.9. The van der Waals surface area contributed by atoms with Gasteiger partial charge in [-0.25, -0.2) is 4.39 Å². The number of aliphatic hydroxyl groups excluding tert-OH is 1. The lowest BCUT2D eigenvalue weighted by Gasteiger charge is -2.12. The van der Waals surface area contributed by atoms with Crippen LogP contribution < -0.4 is 5.32 Å². The van der Waals surface area contributed by atoms with Crippen molar-refractivity contribution in [3.05, 3.63) is 90.0 Å². The van der Waals surface area contributed by atoms with Gasteiger partial charge >= 0.3 is 0 Å². The molecule has 0 fully saturated rings. The zero-order valence-electron chi connectivity index (χ0n) is 12.9. The zero-order valence-corrected chi connectivity index (χ0v) is 12.9. The van der Waals surface area contributed by atoms with Crippen molar-refractivity contribution < 1.29 is 14.3 Å². The van der Waals surface area contributed by atoms with Crippen LogP contribution in [0.3, 0.4) is 0 Å². The van der Waals surface area contributed by atoms with E-state index in [-0.39, 0.29) is 18.3 Å². The van der Waals surface area contributed by atoms with Gasteiger partial charge in [-0.15, -0.1) is 0 Å². The second-order valence-electron chi connectivity index (χ2n) is 5.41. The van der Waals surface area contributed by atoms with Crippen LogP contribution in [0.4, 0.5) is 4.39 Å². The van der Waals surface area contributed by atoms with E-state index >= 15 is 0 Å². The van der Waals surface area contributed by atoms with Crippen molar-refractivity contribution in [2.24, 2.45) is 0 Å². The summed E-state index contributed by atoms with van der Waals surface area (Å²) in [6.45, 7) is 0.0593. The molecule has 0 aliphatic heterocycles. The Bertz CT molecular complexity index is 796. The Morgan fingerprint density at radius 1 is 1.04 bits per heavy atom. The Hall–Kier alpha value is -2.92. The van der Waals surface area contributed by atoms with Crippen LogP contribution in [0.25, 0.3) is 5.69 Å². The van der Waals surface area contributed by atoms with Gasteiger partial charge in [0.1, 0.15) is 5.82 Å². The molecule has 0 bridgehead atoms. The molecule has 1 amide bonds. The molecule has 122 valence electrons. The lowest BCUT2D eigenvalue weighted by atomic mass is 10.1. The number of rotatable bonds is 5. The summed E-state index contributed by atoms with van der Waals surface area (Å²) in [5.74, 6) is -0.631. The number of aromatic nitrogens is 1. The van der Waals surface area contributed by atoms with Crippen LogP contribution >= 0.6 is 0 Å². The minimum absolute atomic E-state index is 0.0593. The number of carbonyl (C=O) groups is 1. The molecule has 0 radical (unpaired) electrons. The van der Waals surface area contributed by atoms with Crippen molar-refractivity contribution in [3.63, 3.8) is 0 Å². The summed E-state index contributed by atoms with van der Waals surface area (Å²) in [7, 11) is 0. The highest BCUT2D eigenvalue weighted by Crippen LogP contribution is 2.13. The lowest BCUT2D eigenvalue weighted by Crippen LogP contribution is -2.28. The van der Waals surface area contributed by atoms with Crippen LogP contribution in [-0.2, 0) is 0 Å². The van der Waals surface area contributed by atoms with Crippen molar-refractivity contribution in [2.75, 3.05) is 6.54 Å². The van der Waals surface area contributed by atoms with Gasteiger partial charge in [0, 0.05) is 30.2 Å². The highest BCUT2D eigenvalue weighted by Gasteiger charge is 2.11. The number of halogens is 1. The van der Waals surface area contributed by atoms with E-state index in [0.29, 0.717) is 11.1 Å². The summed E-state index contributed by atoms with van der Waals surface area (Å²) in [4.78, 5) is 12.1. The van der Waals surface area contributed by atoms with E-state index in [1.165, 1.54) is 24.3 Å². The van der Waals surface area contributed by atoms with E-state index in [1.807, 2.05) is 41.2 Å². The first-order valence-corrected chi connectivity index (χ1v) is 7.58. The minimum Gasteiger partial charge on any atom is -0.387 e. The van der Waals surface area contributed by atoms with Crippen LogP contribution in [0.1, 0.15) is 22.0 Å². The predicted molar refractivity (Wildman–Crippen MR) is 89.5 cm³/mol. The molecule has 1 heterocycles. The van der Waals surface area contributed by atoms with Gasteiger partial charge < -0.3 is 15.0 Å². The van der Waals surface area contributed by atoms with Crippen LogP contribution in [0.15, 0.2) is 73.1 Å². The third kappa shape index (κ3) is 3.70. The highest BCUT2D eigenvalue weighted by molar-refractivity contribution is 5.94. The topological polar surface area (TPSA) is 54.3 Å². The molecule has 0 saturated carbocycles. The number of nitrogens with one attached hydrogen (secondary N) is 1. The van der Waals surface area contributed by atoms with Gasteiger partial charge in [0.15, 0.2) is 0 Å². The van der Waals surface area contributed by atoms with Gasteiger partial charge in [-0.05, 0) is 54.1 Å². The first kappa shape index (κ1) is 16.0. The van der Waals surface area contributed by atoms with Gasteiger partial charge in [0.25, 0.3) is 5.91 Å². The Labute approximate surface area is 139 Å². The number of amides is 1. The Morgan fingerprint density at radius 3 is 2.29 bits per heavy atom. The number of nitrogens with zero attached hydrogens (tertiary/aromatic N) is 1. The first-order valence-electron chi connectivity index (χ1n) is 7.58. The molecule has 1 unspecified atom stereocenters. The molecule has 3 rings (SSSR count). The highest BCUT2D eigenvalue weighted by atomic mass is 19.1. The first-order chi connectivity index (χ1) is 11.6. The van der Waals surface area contributed by atoms with E-state index in [1.54, 1.807) is 12.1 Å². The van der Waals surface area contributed by atoms with Crippen LogP contribution in [0.2, 0.25) is 0 Å². The average molecular weight is 324 g/mol. The predicted octanol–water partition coefficient (Wildman–Crippen LogP) is 3.08. The summed E-state index contributed by atoms with van der Waals surface area (Å²) in [6, 6.07) is 16.6. The van der Waals surface area contributed by atoms with E-state index in [0.717, 1.165) is 5.69 Å². The maximum Gasteiger partial charge on any atom is 0.251 e. The quantitative estimate of drug-likeness (QED) is 0.758. The molecule has 24 heavy (non-hydrogen) atoms. The molecule has 0 saturated heterocycles. The van der Waals surface area contributed by atoms with Gasteiger partial charge in [0.05, 0.1) is 6.10 Å². The fourth-order valence-corrected chi connectivity index (χ4v) is 2.39. The molecule has 3 aromatic rings. The van der Waals surface area contributed by atoms with Crippen molar-refractivity contribution >= 4 is 5.91 Å². The Morgan fingerprint density at radius 2 is 1.67 bits per heavy atom. The van der Waals surface area contributed by atoms with Gasteiger partial charge in [0.2, 0.25) is 0 Å². The van der Waals surface area contributed by atoms with E-state index < -0.39 is 6.10 Å². The molecule has 0 aliphatic carbocycles. The molecule has 1 aromatic heterocycles. The molecule has 2 N–H and O–H groups in total. The third-order valence-corrected chi connectivity index (χ3v) is 3.74. The van der Waals surface area contributed by atoms with Crippen molar-refractivity contribution in [1.29, 1.82) is 0 Å². The third-order valence-electron chi connectivity index (χ3n) is 3.74. The summed E-state index contributed by atoms with van der Waals surface area (Å²) >= 11 is 0. The maximum absolute atomic E-state index is 12.9. The smallest absolute Gasteiger partial charge is 0.251 e. The van der Waals surface area contributed by atoms with E-state index in [9.17, 15) is 14.3 Å². The second kappa shape index (κ2) is 7.10.